The maximum absolute atomic E-state index is 13.4. The zero-order chi connectivity index (χ0) is 23.6. The van der Waals surface area contributed by atoms with Gasteiger partial charge in [0.05, 0.1) is 23.9 Å². The largest absolute Gasteiger partial charge is 0.453 e. The van der Waals surface area contributed by atoms with Crippen LogP contribution in [0, 0.1) is 0 Å². The first-order valence-electron chi connectivity index (χ1n) is 11.0. The molecule has 2 aromatic rings. The molecule has 0 saturated carbocycles. The summed E-state index contributed by atoms with van der Waals surface area (Å²) in [5.74, 6) is 1.05. The quantitative estimate of drug-likeness (QED) is 0.413. The van der Waals surface area contributed by atoms with Gasteiger partial charge in [0.2, 0.25) is 5.91 Å². The van der Waals surface area contributed by atoms with Crippen LogP contribution in [0.1, 0.15) is 23.4 Å². The van der Waals surface area contributed by atoms with E-state index in [9.17, 15) is 9.59 Å². The van der Waals surface area contributed by atoms with Crippen LogP contribution in [0.5, 0.6) is 0 Å². The third-order valence-electron chi connectivity index (χ3n) is 6.20. The van der Waals surface area contributed by atoms with Crippen molar-refractivity contribution >= 4 is 52.4 Å². The van der Waals surface area contributed by atoms with Crippen molar-refractivity contribution in [1.82, 2.24) is 14.8 Å². The number of carbonyl (C=O) groups is 2. The van der Waals surface area contributed by atoms with Gasteiger partial charge in [-0.05, 0) is 57.2 Å². The molecule has 1 spiro atoms. The lowest BCUT2D eigenvalue weighted by Gasteiger charge is -2.25. The van der Waals surface area contributed by atoms with Crippen LogP contribution in [0.15, 0.2) is 28.6 Å². The summed E-state index contributed by atoms with van der Waals surface area (Å²) in [6.45, 7) is 2.71. The Morgan fingerprint density at radius 1 is 1.33 bits per heavy atom. The Balaban J connectivity index is 1.45. The number of ether oxygens (including phenoxy) is 1. The second kappa shape index (κ2) is 10.2. The van der Waals surface area contributed by atoms with Gasteiger partial charge in [0.25, 0.3) is 0 Å². The lowest BCUT2D eigenvalue weighted by atomic mass is 9.81. The van der Waals surface area contributed by atoms with E-state index < -0.39 is 0 Å². The number of hydrogen-bond donors (Lipinski definition) is 0. The average molecular weight is 509 g/mol. The summed E-state index contributed by atoms with van der Waals surface area (Å²) in [5.41, 5.74) is 1.59. The first-order valence-corrected chi connectivity index (χ1v) is 13.1. The van der Waals surface area contributed by atoms with E-state index in [1.54, 1.807) is 28.0 Å². The summed E-state index contributed by atoms with van der Waals surface area (Å²) < 4.78 is 6.06. The molecule has 3 heterocycles. The molecule has 33 heavy (non-hydrogen) atoms. The molecular weight excluding hydrogens is 480 g/mol. The van der Waals surface area contributed by atoms with Crippen LogP contribution < -0.4 is 4.90 Å². The van der Waals surface area contributed by atoms with E-state index in [0.29, 0.717) is 24.7 Å². The highest BCUT2D eigenvalue weighted by atomic mass is 35.5. The molecule has 2 amide bonds. The van der Waals surface area contributed by atoms with Crippen LogP contribution in [-0.4, -0.2) is 79.9 Å². The second-order valence-electron chi connectivity index (χ2n) is 8.82. The third kappa shape index (κ3) is 5.31. The molecule has 2 aliphatic heterocycles. The number of benzene rings is 1. The molecule has 1 saturated heterocycles. The molecule has 0 aliphatic carbocycles. The van der Waals surface area contributed by atoms with E-state index in [1.165, 1.54) is 7.11 Å². The first-order chi connectivity index (χ1) is 15.8. The summed E-state index contributed by atoms with van der Waals surface area (Å²) in [7, 11) is 5.55. The molecule has 0 radical (unpaired) electrons. The number of aromatic nitrogens is 1. The van der Waals surface area contributed by atoms with Crippen molar-refractivity contribution in [2.45, 2.75) is 28.9 Å². The van der Waals surface area contributed by atoms with Crippen molar-refractivity contribution in [3.8, 4) is 0 Å². The molecule has 1 fully saturated rings. The summed E-state index contributed by atoms with van der Waals surface area (Å²) in [5, 5.41) is 1.46. The molecule has 0 bridgehead atoms. The molecule has 1 aromatic carbocycles. The monoisotopic (exact) mass is 508 g/mol. The number of thioether (sulfide) groups is 1. The number of fused-ring (bicyclic) bond motifs is 2. The van der Waals surface area contributed by atoms with Gasteiger partial charge in [0.15, 0.2) is 0 Å². The van der Waals surface area contributed by atoms with Gasteiger partial charge >= 0.3 is 6.09 Å². The number of hydrogen-bond acceptors (Lipinski definition) is 7. The van der Waals surface area contributed by atoms with Crippen molar-refractivity contribution in [3.05, 3.63) is 40.0 Å². The number of amides is 2. The van der Waals surface area contributed by atoms with Crippen molar-refractivity contribution in [1.29, 1.82) is 0 Å². The number of halogens is 1. The molecule has 7 nitrogen and oxygen atoms in total. The standard InChI is InChI=1S/C23H29ClN4O3S2/c1-26(2)8-4-10-32-21-13-25-19(33-21)12-20(29)28-15-23(7-9-27(14-23)22(30)31-3)17-11-16(24)5-6-18(17)28/h5-6,11,13H,4,7-10,12,14-15H2,1-3H3. The number of rotatable bonds is 7. The topological polar surface area (TPSA) is 66.0 Å². The SMILES string of the molecule is COC(=O)N1CCC2(C1)CN(C(=O)Cc1ncc(SCCCN(C)C)s1)c1ccc(Cl)cc12. The van der Waals surface area contributed by atoms with E-state index in [1.807, 2.05) is 29.3 Å². The maximum Gasteiger partial charge on any atom is 0.409 e. The smallest absolute Gasteiger partial charge is 0.409 e. The summed E-state index contributed by atoms with van der Waals surface area (Å²) in [6.07, 6.45) is 3.68. The molecule has 0 N–H and O–H groups in total. The van der Waals surface area contributed by atoms with Gasteiger partial charge in [0.1, 0.15) is 5.01 Å². The summed E-state index contributed by atoms with van der Waals surface area (Å²) >= 11 is 9.71. The number of thiazole rings is 1. The van der Waals surface area contributed by atoms with Crippen LogP contribution in [0.4, 0.5) is 10.5 Å². The molecular formula is C23H29ClN4O3S2. The van der Waals surface area contributed by atoms with Gasteiger partial charge in [-0.25, -0.2) is 9.78 Å². The van der Waals surface area contributed by atoms with Crippen molar-refractivity contribution in [3.63, 3.8) is 0 Å². The Labute approximate surface area is 208 Å². The van der Waals surface area contributed by atoms with Crippen molar-refractivity contribution in [2.24, 2.45) is 0 Å². The van der Waals surface area contributed by atoms with Gasteiger partial charge < -0.3 is 19.4 Å². The minimum atomic E-state index is -0.335. The van der Waals surface area contributed by atoms with E-state index >= 15 is 0 Å². The highest BCUT2D eigenvalue weighted by Gasteiger charge is 2.50. The Morgan fingerprint density at radius 3 is 2.91 bits per heavy atom. The fourth-order valence-corrected chi connectivity index (χ4v) is 6.78. The number of anilines is 1. The van der Waals surface area contributed by atoms with Gasteiger partial charge in [-0.15, -0.1) is 23.1 Å². The first kappa shape index (κ1) is 24.3. The summed E-state index contributed by atoms with van der Waals surface area (Å²) in [4.78, 5) is 35.7. The molecule has 4 rings (SSSR count). The lowest BCUT2D eigenvalue weighted by molar-refractivity contribution is -0.118. The molecule has 2 aliphatic rings. The Bertz CT molecular complexity index is 1030. The molecule has 1 atom stereocenters. The fourth-order valence-electron chi connectivity index (χ4n) is 4.59. The van der Waals surface area contributed by atoms with Crippen LogP contribution in [0.25, 0.3) is 0 Å². The lowest BCUT2D eigenvalue weighted by Crippen LogP contribution is -2.40. The highest BCUT2D eigenvalue weighted by Crippen LogP contribution is 2.47. The molecule has 178 valence electrons. The van der Waals surface area contributed by atoms with Crippen LogP contribution >= 0.6 is 34.7 Å². The Kier molecular flexibility index (Phi) is 7.53. The van der Waals surface area contributed by atoms with Crippen LogP contribution in [0.2, 0.25) is 5.02 Å². The Hall–Kier alpha value is -1.81. The van der Waals surface area contributed by atoms with E-state index in [-0.39, 0.29) is 23.8 Å². The minimum absolute atomic E-state index is 0.0190. The Morgan fingerprint density at radius 2 is 2.15 bits per heavy atom. The zero-order valence-electron chi connectivity index (χ0n) is 19.2. The van der Waals surface area contributed by atoms with E-state index in [2.05, 4.69) is 24.0 Å². The van der Waals surface area contributed by atoms with Gasteiger partial charge in [-0.1, -0.05) is 11.6 Å². The molecule has 1 aromatic heterocycles. The van der Waals surface area contributed by atoms with Gasteiger partial charge in [-0.2, -0.15) is 0 Å². The number of methoxy groups -OCH3 is 1. The van der Waals surface area contributed by atoms with Gasteiger partial charge in [-0.3, -0.25) is 4.79 Å². The van der Waals surface area contributed by atoms with Gasteiger partial charge in [0, 0.05) is 41.5 Å². The van der Waals surface area contributed by atoms with E-state index in [4.69, 9.17) is 16.3 Å². The third-order valence-corrected chi connectivity index (χ3v) is 8.71. The van der Waals surface area contributed by atoms with Crippen molar-refractivity contribution in [2.75, 3.05) is 58.0 Å². The second-order valence-corrected chi connectivity index (χ2v) is 11.8. The zero-order valence-corrected chi connectivity index (χ0v) is 21.6. The predicted octanol–water partition coefficient (Wildman–Crippen LogP) is 4.14. The number of carbonyl (C=O) groups excluding carboxylic acids is 2. The molecule has 1 unspecified atom stereocenters. The number of nitrogens with zero attached hydrogens (tertiary/aromatic N) is 4. The number of likely N-dealkylation sites (tertiary alicyclic amines) is 1. The van der Waals surface area contributed by atoms with Crippen LogP contribution in [-0.2, 0) is 21.4 Å². The minimum Gasteiger partial charge on any atom is -0.453 e. The highest BCUT2D eigenvalue weighted by molar-refractivity contribution is 8.01. The predicted molar refractivity (Wildman–Crippen MR) is 134 cm³/mol. The maximum atomic E-state index is 13.4. The average Bonchev–Trinajstić information content (AvgIpc) is 3.49. The normalized spacial score (nSPS) is 19.5. The van der Waals surface area contributed by atoms with Crippen LogP contribution in [0.3, 0.4) is 0 Å². The summed E-state index contributed by atoms with van der Waals surface area (Å²) in [6, 6.07) is 5.67. The molecule has 10 heteroatoms. The van der Waals surface area contributed by atoms with E-state index in [0.717, 1.165) is 45.6 Å². The fraction of sp³-hybridized carbons (Fsp3) is 0.522. The van der Waals surface area contributed by atoms with Crippen molar-refractivity contribution < 1.29 is 14.3 Å².